The molecule has 8 heteroatoms. The fraction of sp³-hybridized carbons (Fsp3) is 0.526. The van der Waals surface area contributed by atoms with Crippen molar-refractivity contribution < 1.29 is 9.53 Å². The highest BCUT2D eigenvalue weighted by Crippen LogP contribution is 2.21. The molecule has 2 aromatic rings. The number of methoxy groups -OCH3 is 1. The van der Waals surface area contributed by atoms with E-state index in [4.69, 9.17) is 4.74 Å². The van der Waals surface area contributed by atoms with Crippen molar-refractivity contribution in [3.05, 3.63) is 36.3 Å². The highest BCUT2D eigenvalue weighted by Gasteiger charge is 2.16. The van der Waals surface area contributed by atoms with Crippen LogP contribution in [0.5, 0.6) is 0 Å². The normalized spacial score (nSPS) is 15.0. The summed E-state index contributed by atoms with van der Waals surface area (Å²) in [4.78, 5) is 18.9. The Bertz CT molecular complexity index is 722. The highest BCUT2D eigenvalue weighted by atomic mass is 16.5. The predicted octanol–water partition coefficient (Wildman–Crippen LogP) is 2.48. The minimum atomic E-state index is -0.268. The lowest BCUT2D eigenvalue weighted by Crippen LogP contribution is -2.33. The van der Waals surface area contributed by atoms with E-state index in [1.807, 2.05) is 18.3 Å². The Morgan fingerprint density at radius 2 is 2.11 bits per heavy atom. The monoisotopic (exact) mass is 372 g/mol. The van der Waals surface area contributed by atoms with Crippen molar-refractivity contribution in [3.63, 3.8) is 0 Å². The number of rotatable bonds is 7. The van der Waals surface area contributed by atoms with Crippen molar-refractivity contribution in [2.24, 2.45) is 5.92 Å². The molecule has 2 aromatic heterocycles. The number of pyridine rings is 1. The van der Waals surface area contributed by atoms with Crippen LogP contribution in [0.15, 0.2) is 30.7 Å². The number of ether oxygens (including phenoxy) is 1. The van der Waals surface area contributed by atoms with Crippen LogP contribution in [0.25, 0.3) is 0 Å². The van der Waals surface area contributed by atoms with Gasteiger partial charge < -0.3 is 20.3 Å². The number of hydrogen-bond donors (Lipinski definition) is 2. The van der Waals surface area contributed by atoms with Gasteiger partial charge in [0, 0.05) is 39.1 Å². The second kappa shape index (κ2) is 9.36. The third kappa shape index (κ3) is 5.68. The van der Waals surface area contributed by atoms with Crippen LogP contribution >= 0.6 is 0 Å². The average molecular weight is 372 g/mol. The van der Waals surface area contributed by atoms with Crippen LogP contribution in [-0.2, 0) is 17.8 Å². The molecule has 146 valence electrons. The Morgan fingerprint density at radius 1 is 1.30 bits per heavy atom. The number of anilines is 2. The Morgan fingerprint density at radius 3 is 2.81 bits per heavy atom. The van der Waals surface area contributed by atoms with Crippen LogP contribution in [0.2, 0.25) is 0 Å². The molecule has 0 atom stereocenters. The zero-order chi connectivity index (χ0) is 19.1. The maximum Gasteiger partial charge on any atom is 0.319 e. The Labute approximate surface area is 159 Å². The van der Waals surface area contributed by atoms with Gasteiger partial charge in [-0.15, -0.1) is 0 Å². The van der Waals surface area contributed by atoms with E-state index in [9.17, 15) is 4.79 Å². The van der Waals surface area contributed by atoms with E-state index in [1.165, 1.54) is 12.8 Å². The molecule has 8 nitrogen and oxygen atoms in total. The molecule has 1 saturated heterocycles. The molecule has 3 rings (SSSR count). The fourth-order valence-electron chi connectivity index (χ4n) is 3.04. The summed E-state index contributed by atoms with van der Waals surface area (Å²) in [5.41, 5.74) is 1.62. The van der Waals surface area contributed by atoms with Crippen LogP contribution in [0.1, 0.15) is 25.3 Å². The summed E-state index contributed by atoms with van der Waals surface area (Å²) < 4.78 is 6.73. The molecule has 2 N–H and O–H groups in total. The first-order valence-electron chi connectivity index (χ1n) is 9.40. The number of carbonyl (C=O) groups excluding carboxylic acids is 1. The van der Waals surface area contributed by atoms with E-state index in [1.54, 1.807) is 24.2 Å². The lowest BCUT2D eigenvalue weighted by Gasteiger charge is -2.31. The number of amides is 2. The molecule has 0 saturated carbocycles. The van der Waals surface area contributed by atoms with Gasteiger partial charge in [0.05, 0.1) is 25.0 Å². The molecule has 1 aliphatic heterocycles. The van der Waals surface area contributed by atoms with Gasteiger partial charge in [-0.1, -0.05) is 13.0 Å². The van der Waals surface area contributed by atoms with Gasteiger partial charge in [0.1, 0.15) is 5.82 Å². The maximum absolute atomic E-state index is 12.0. The smallest absolute Gasteiger partial charge is 0.319 e. The summed E-state index contributed by atoms with van der Waals surface area (Å²) in [5.74, 6) is 1.81. The summed E-state index contributed by atoms with van der Waals surface area (Å²) in [6.45, 7) is 6.07. The van der Waals surface area contributed by atoms with Crippen LogP contribution < -0.4 is 15.5 Å². The molecule has 2 amide bonds. The molecule has 0 aromatic carbocycles. The third-order valence-corrected chi connectivity index (χ3v) is 4.79. The van der Waals surface area contributed by atoms with Crippen LogP contribution in [-0.4, -0.2) is 47.6 Å². The summed E-state index contributed by atoms with van der Waals surface area (Å²) in [6, 6.07) is 3.78. The maximum atomic E-state index is 12.0. The molecule has 1 aliphatic rings. The number of nitrogens with zero attached hydrogens (tertiary/aromatic N) is 4. The van der Waals surface area contributed by atoms with E-state index in [0.29, 0.717) is 25.4 Å². The van der Waals surface area contributed by atoms with E-state index < -0.39 is 0 Å². The number of piperidine rings is 1. The summed E-state index contributed by atoms with van der Waals surface area (Å²) >= 11 is 0. The largest absolute Gasteiger partial charge is 0.383 e. The molecule has 0 spiro atoms. The minimum Gasteiger partial charge on any atom is -0.383 e. The molecule has 1 fully saturated rings. The number of urea groups is 1. The van der Waals surface area contributed by atoms with Gasteiger partial charge in [-0.05, 0) is 30.4 Å². The zero-order valence-electron chi connectivity index (χ0n) is 16.0. The Hall–Kier alpha value is -2.61. The van der Waals surface area contributed by atoms with Gasteiger partial charge in [0.15, 0.2) is 0 Å². The zero-order valence-corrected chi connectivity index (χ0v) is 16.0. The quantitative estimate of drug-likeness (QED) is 0.780. The average Bonchev–Trinajstić information content (AvgIpc) is 3.13. The standard InChI is InChI=1S/C19H28N6O2/c1-15-5-7-24(8-6-15)18-4-3-16(11-20-18)12-21-19(26)23-17-13-22-25(14-17)9-10-27-2/h3-4,11,13-15H,5-10,12H2,1-2H3,(H2,21,23,26). The first-order chi connectivity index (χ1) is 13.1. The first-order valence-corrected chi connectivity index (χ1v) is 9.40. The molecule has 27 heavy (non-hydrogen) atoms. The molecular formula is C19H28N6O2. The summed E-state index contributed by atoms with van der Waals surface area (Å²) in [5, 5.41) is 9.78. The first kappa shape index (κ1) is 19.2. The second-order valence-corrected chi connectivity index (χ2v) is 6.99. The van der Waals surface area contributed by atoms with E-state index in [-0.39, 0.29) is 6.03 Å². The molecule has 3 heterocycles. The van der Waals surface area contributed by atoms with Crippen molar-refractivity contribution in [2.45, 2.75) is 32.9 Å². The molecule has 0 radical (unpaired) electrons. The molecule has 0 bridgehead atoms. The highest BCUT2D eigenvalue weighted by molar-refractivity contribution is 5.88. The van der Waals surface area contributed by atoms with Crippen LogP contribution in [0.3, 0.4) is 0 Å². The Balaban J connectivity index is 1.44. The van der Waals surface area contributed by atoms with Gasteiger partial charge in [-0.3, -0.25) is 4.68 Å². The minimum absolute atomic E-state index is 0.268. The second-order valence-electron chi connectivity index (χ2n) is 6.99. The number of carbonyl (C=O) groups is 1. The van der Waals surface area contributed by atoms with Gasteiger partial charge in [0.2, 0.25) is 0 Å². The third-order valence-electron chi connectivity index (χ3n) is 4.79. The lowest BCUT2D eigenvalue weighted by molar-refractivity contribution is 0.183. The lowest BCUT2D eigenvalue weighted by atomic mass is 9.99. The van der Waals surface area contributed by atoms with E-state index >= 15 is 0 Å². The summed E-state index contributed by atoms with van der Waals surface area (Å²) in [6.07, 6.45) is 7.65. The number of hydrogen-bond acceptors (Lipinski definition) is 5. The van der Waals surface area contributed by atoms with Crippen molar-refractivity contribution in [2.75, 3.05) is 37.0 Å². The topological polar surface area (TPSA) is 84.3 Å². The van der Waals surface area contributed by atoms with Crippen molar-refractivity contribution in [1.82, 2.24) is 20.1 Å². The molecule has 0 unspecified atom stereocenters. The summed E-state index contributed by atoms with van der Waals surface area (Å²) in [7, 11) is 1.64. The predicted molar refractivity (Wildman–Crippen MR) is 105 cm³/mol. The van der Waals surface area contributed by atoms with Gasteiger partial charge in [-0.2, -0.15) is 5.10 Å². The molecular weight excluding hydrogens is 344 g/mol. The van der Waals surface area contributed by atoms with Crippen molar-refractivity contribution >= 4 is 17.5 Å². The van der Waals surface area contributed by atoms with Crippen LogP contribution in [0.4, 0.5) is 16.3 Å². The van der Waals surface area contributed by atoms with Gasteiger partial charge in [-0.25, -0.2) is 9.78 Å². The van der Waals surface area contributed by atoms with Gasteiger partial charge in [0.25, 0.3) is 0 Å². The Kier molecular flexibility index (Phi) is 6.64. The van der Waals surface area contributed by atoms with E-state index in [0.717, 1.165) is 30.4 Å². The van der Waals surface area contributed by atoms with Crippen molar-refractivity contribution in [3.8, 4) is 0 Å². The van der Waals surface area contributed by atoms with Crippen molar-refractivity contribution in [1.29, 1.82) is 0 Å². The van der Waals surface area contributed by atoms with Gasteiger partial charge >= 0.3 is 6.03 Å². The molecule has 0 aliphatic carbocycles. The SMILES string of the molecule is COCCn1cc(NC(=O)NCc2ccc(N3CCC(C)CC3)nc2)cn1. The number of aromatic nitrogens is 3. The number of nitrogens with one attached hydrogen (secondary N) is 2. The van der Waals surface area contributed by atoms with Crippen LogP contribution in [0, 0.1) is 5.92 Å². The fourth-order valence-corrected chi connectivity index (χ4v) is 3.04. The van der Waals surface area contributed by atoms with E-state index in [2.05, 4.69) is 32.5 Å².